The molecule has 2 heterocycles. The lowest BCUT2D eigenvalue weighted by Crippen LogP contribution is -2.46. The third-order valence-electron chi connectivity index (χ3n) is 6.73. The van der Waals surface area contributed by atoms with Gasteiger partial charge in [-0.15, -0.1) is 0 Å². The summed E-state index contributed by atoms with van der Waals surface area (Å²) in [7, 11) is 1.78. The first kappa shape index (κ1) is 22.9. The van der Waals surface area contributed by atoms with Gasteiger partial charge >= 0.3 is 0 Å². The molecule has 1 saturated heterocycles. The van der Waals surface area contributed by atoms with E-state index in [1.807, 2.05) is 78.9 Å². The van der Waals surface area contributed by atoms with Crippen LogP contribution in [0.2, 0.25) is 0 Å². The van der Waals surface area contributed by atoms with Gasteiger partial charge in [-0.3, -0.25) is 9.59 Å². The predicted octanol–water partition coefficient (Wildman–Crippen LogP) is 4.75. The number of hydrogen-bond donors (Lipinski definition) is 2. The van der Waals surface area contributed by atoms with Crippen LogP contribution in [-0.4, -0.2) is 36.2 Å². The van der Waals surface area contributed by atoms with Gasteiger partial charge in [0.15, 0.2) is 5.78 Å². The molecule has 1 aliphatic heterocycles. The second-order valence-electron chi connectivity index (χ2n) is 9.07. The molecule has 1 fully saturated rings. The highest BCUT2D eigenvalue weighted by Crippen LogP contribution is 2.30. The number of anilines is 1. The lowest BCUT2D eigenvalue weighted by Gasteiger charge is -2.28. The predicted molar refractivity (Wildman–Crippen MR) is 138 cm³/mol. The van der Waals surface area contributed by atoms with Crippen molar-refractivity contribution in [2.24, 2.45) is 0 Å². The number of nitrogen functional groups attached to an aromatic ring is 1. The van der Waals surface area contributed by atoms with Gasteiger partial charge in [-0.05, 0) is 73.5 Å². The van der Waals surface area contributed by atoms with Crippen molar-refractivity contribution in [1.29, 1.82) is 0 Å². The van der Waals surface area contributed by atoms with Crippen LogP contribution in [0.15, 0.2) is 83.3 Å². The number of likely N-dealkylation sites (tertiary alicyclic amines) is 1. The summed E-state index contributed by atoms with van der Waals surface area (Å²) in [5.41, 5.74) is 10.0. The first-order valence-electron chi connectivity index (χ1n) is 12.0. The Labute approximate surface area is 204 Å². The maximum atomic E-state index is 13.4. The molecule has 1 aliphatic rings. The summed E-state index contributed by atoms with van der Waals surface area (Å²) in [6, 6.07) is 24.1. The molecule has 4 aromatic rings. The Morgan fingerprint density at radius 2 is 1.83 bits per heavy atom. The van der Waals surface area contributed by atoms with Gasteiger partial charge in [0.2, 0.25) is 5.91 Å². The number of hydrogen-bond acceptors (Lipinski definition) is 5. The largest absolute Gasteiger partial charge is 0.456 e. The number of nitrogens with zero attached hydrogens (tertiary/aromatic N) is 1. The molecular weight excluding hydrogens is 438 g/mol. The van der Waals surface area contributed by atoms with Crippen LogP contribution >= 0.6 is 0 Å². The van der Waals surface area contributed by atoms with Crippen molar-refractivity contribution in [3.63, 3.8) is 0 Å². The van der Waals surface area contributed by atoms with E-state index in [1.54, 1.807) is 11.9 Å². The molecule has 0 radical (unpaired) electrons. The molecule has 178 valence electrons. The number of Topliss-reactive ketones (excluding diaryl/α,β-unsaturated/α-hetero) is 1. The van der Waals surface area contributed by atoms with Crippen molar-refractivity contribution in [3.8, 4) is 11.3 Å². The molecule has 35 heavy (non-hydrogen) atoms. The Hall–Kier alpha value is -3.90. The van der Waals surface area contributed by atoms with Crippen LogP contribution < -0.4 is 11.1 Å². The second kappa shape index (κ2) is 9.76. The fraction of sp³-hybridized carbons (Fsp3) is 0.241. The molecule has 3 aromatic carbocycles. The van der Waals surface area contributed by atoms with E-state index in [9.17, 15) is 9.59 Å². The van der Waals surface area contributed by atoms with Crippen molar-refractivity contribution in [3.05, 3.63) is 90.0 Å². The van der Waals surface area contributed by atoms with Crippen LogP contribution in [0.5, 0.6) is 0 Å². The van der Waals surface area contributed by atoms with Gasteiger partial charge in [0.05, 0.1) is 6.04 Å². The molecular formula is C29H29N3O3. The lowest BCUT2D eigenvalue weighted by molar-refractivity contribution is -0.139. The summed E-state index contributed by atoms with van der Waals surface area (Å²) in [4.78, 5) is 28.4. The maximum Gasteiger partial charge on any atom is 0.244 e. The van der Waals surface area contributed by atoms with E-state index in [1.165, 1.54) is 0 Å². The molecule has 2 atom stereocenters. The van der Waals surface area contributed by atoms with Gasteiger partial charge < -0.3 is 20.4 Å². The molecule has 5 rings (SSSR count). The highest BCUT2D eigenvalue weighted by molar-refractivity contribution is 5.93. The first-order valence-corrected chi connectivity index (χ1v) is 12.0. The fourth-order valence-electron chi connectivity index (χ4n) is 4.92. The van der Waals surface area contributed by atoms with Crippen molar-refractivity contribution >= 4 is 28.3 Å². The highest BCUT2D eigenvalue weighted by Gasteiger charge is 2.36. The van der Waals surface area contributed by atoms with Gasteiger partial charge in [0.25, 0.3) is 0 Å². The number of benzene rings is 3. The fourth-order valence-corrected chi connectivity index (χ4v) is 4.92. The molecule has 0 spiro atoms. The SMILES string of the molecule is CNC(C(=O)N1CCC[C@H]1C(=O)Cc1ccc2oc(-c3ccc(N)cc3)cc2c1)c1ccccc1. The minimum Gasteiger partial charge on any atom is -0.456 e. The van der Waals surface area contributed by atoms with Gasteiger partial charge in [0, 0.05) is 29.6 Å². The summed E-state index contributed by atoms with van der Waals surface area (Å²) in [6.07, 6.45) is 1.81. The second-order valence-corrected chi connectivity index (χ2v) is 9.07. The van der Waals surface area contributed by atoms with E-state index >= 15 is 0 Å². The number of amides is 1. The average Bonchev–Trinajstić information content (AvgIpc) is 3.53. The molecule has 0 saturated carbocycles. The number of furan rings is 1. The normalized spacial score (nSPS) is 16.5. The topological polar surface area (TPSA) is 88.6 Å². The van der Waals surface area contributed by atoms with E-state index in [2.05, 4.69) is 5.32 Å². The number of nitrogens with two attached hydrogens (primary N) is 1. The number of ketones is 1. The number of fused-ring (bicyclic) bond motifs is 1. The minimum atomic E-state index is -0.460. The third kappa shape index (κ3) is 4.70. The van der Waals surface area contributed by atoms with Crippen LogP contribution in [0.3, 0.4) is 0 Å². The Bertz CT molecular complexity index is 1340. The Balaban J connectivity index is 1.32. The van der Waals surface area contributed by atoms with Gasteiger partial charge in [-0.1, -0.05) is 36.4 Å². The highest BCUT2D eigenvalue weighted by atomic mass is 16.3. The van der Waals surface area contributed by atoms with Crippen LogP contribution in [0.4, 0.5) is 5.69 Å². The zero-order valence-corrected chi connectivity index (χ0v) is 19.7. The van der Waals surface area contributed by atoms with E-state index in [4.69, 9.17) is 10.2 Å². The van der Waals surface area contributed by atoms with E-state index in [0.717, 1.165) is 39.8 Å². The van der Waals surface area contributed by atoms with Crippen LogP contribution in [0, 0.1) is 0 Å². The summed E-state index contributed by atoms with van der Waals surface area (Å²) >= 11 is 0. The molecule has 0 aliphatic carbocycles. The lowest BCUT2D eigenvalue weighted by atomic mass is 9.99. The number of likely N-dealkylation sites (N-methyl/N-ethyl adjacent to an activating group) is 1. The Kier molecular flexibility index (Phi) is 6.38. The molecule has 3 N–H and O–H groups in total. The van der Waals surface area contributed by atoms with Crippen molar-refractivity contribution in [1.82, 2.24) is 10.2 Å². The molecule has 0 bridgehead atoms. The summed E-state index contributed by atoms with van der Waals surface area (Å²) in [5.74, 6) is 0.781. The van der Waals surface area contributed by atoms with E-state index in [0.29, 0.717) is 18.7 Å². The Morgan fingerprint density at radius 1 is 1.06 bits per heavy atom. The van der Waals surface area contributed by atoms with E-state index in [-0.39, 0.29) is 18.1 Å². The van der Waals surface area contributed by atoms with Crippen LogP contribution in [0.25, 0.3) is 22.3 Å². The molecule has 6 nitrogen and oxygen atoms in total. The first-order chi connectivity index (χ1) is 17.0. The monoisotopic (exact) mass is 467 g/mol. The van der Waals surface area contributed by atoms with Gasteiger partial charge in [-0.25, -0.2) is 0 Å². The zero-order chi connectivity index (χ0) is 24.4. The third-order valence-corrected chi connectivity index (χ3v) is 6.73. The van der Waals surface area contributed by atoms with E-state index < -0.39 is 12.1 Å². The number of nitrogens with one attached hydrogen (secondary N) is 1. The number of carbonyl (C=O) groups is 2. The number of rotatable bonds is 7. The summed E-state index contributed by atoms with van der Waals surface area (Å²) < 4.78 is 6.00. The summed E-state index contributed by atoms with van der Waals surface area (Å²) in [5, 5.41) is 4.07. The van der Waals surface area contributed by atoms with Crippen LogP contribution in [0.1, 0.15) is 30.0 Å². The molecule has 6 heteroatoms. The molecule has 1 unspecified atom stereocenters. The van der Waals surface area contributed by atoms with Crippen molar-refractivity contribution < 1.29 is 14.0 Å². The molecule has 1 amide bonds. The molecule has 1 aromatic heterocycles. The van der Waals surface area contributed by atoms with Crippen molar-refractivity contribution in [2.75, 3.05) is 19.3 Å². The smallest absolute Gasteiger partial charge is 0.244 e. The average molecular weight is 468 g/mol. The minimum absolute atomic E-state index is 0.0482. The van der Waals surface area contributed by atoms with Crippen LogP contribution in [-0.2, 0) is 16.0 Å². The summed E-state index contributed by atoms with van der Waals surface area (Å²) in [6.45, 7) is 0.603. The Morgan fingerprint density at radius 3 is 2.57 bits per heavy atom. The number of carbonyl (C=O) groups excluding carboxylic acids is 2. The van der Waals surface area contributed by atoms with Gasteiger partial charge in [-0.2, -0.15) is 0 Å². The maximum absolute atomic E-state index is 13.4. The standard InChI is InChI=1S/C29H29N3O3/c1-31-28(21-6-3-2-4-7-21)29(34)32-15-5-8-24(32)25(33)17-19-9-14-26-22(16-19)18-27(35-26)20-10-12-23(30)13-11-20/h2-4,6-7,9-14,16,18,24,28,31H,5,8,15,17,30H2,1H3/t24-,28?/m0/s1. The van der Waals surface area contributed by atoms with Gasteiger partial charge in [0.1, 0.15) is 17.4 Å². The zero-order valence-electron chi connectivity index (χ0n) is 19.7. The van der Waals surface area contributed by atoms with Crippen molar-refractivity contribution in [2.45, 2.75) is 31.3 Å². The quantitative estimate of drug-likeness (QED) is 0.383.